The minimum absolute atomic E-state index is 0.197. The van der Waals surface area contributed by atoms with Crippen LogP contribution in [0.2, 0.25) is 0 Å². The standard InChI is InChI=1S/C18H16N8/c1-3-7-26(16-10-21-15(19-2)9-22-16)13-5-8-25(11-13)18-14-4-6-20-17(14)23-12-24-18/h1,4,6,9-10,12-13H,5,7-8,11H2,(H,20,23,24)/t13-/m1/s1. The molecule has 8 nitrogen and oxygen atoms in total. The molecule has 3 aromatic heterocycles. The predicted octanol–water partition coefficient (Wildman–Crippen LogP) is 2.02. The minimum Gasteiger partial charge on any atom is -0.359 e. The Morgan fingerprint density at radius 1 is 1.35 bits per heavy atom. The molecular weight excluding hydrogens is 328 g/mol. The number of rotatable bonds is 4. The Hall–Kier alpha value is -3.65. The van der Waals surface area contributed by atoms with Crippen LogP contribution in [-0.2, 0) is 0 Å². The van der Waals surface area contributed by atoms with E-state index < -0.39 is 0 Å². The first kappa shape index (κ1) is 15.9. The molecule has 26 heavy (non-hydrogen) atoms. The van der Waals surface area contributed by atoms with Crippen molar-refractivity contribution < 1.29 is 0 Å². The Balaban J connectivity index is 1.58. The van der Waals surface area contributed by atoms with Crippen LogP contribution in [-0.4, -0.2) is 50.6 Å². The highest BCUT2D eigenvalue weighted by molar-refractivity contribution is 5.87. The summed E-state index contributed by atoms with van der Waals surface area (Å²) in [6.07, 6.45) is 13.0. The van der Waals surface area contributed by atoms with Gasteiger partial charge in [-0.05, 0) is 12.5 Å². The molecule has 1 aliphatic heterocycles. The van der Waals surface area contributed by atoms with E-state index in [1.807, 2.05) is 12.3 Å². The largest absolute Gasteiger partial charge is 0.359 e. The summed E-state index contributed by atoms with van der Waals surface area (Å²) in [6, 6.07) is 2.19. The third kappa shape index (κ3) is 2.78. The van der Waals surface area contributed by atoms with Crippen LogP contribution in [0.4, 0.5) is 17.5 Å². The fourth-order valence-corrected chi connectivity index (χ4v) is 3.32. The fourth-order valence-electron chi connectivity index (χ4n) is 3.32. The van der Waals surface area contributed by atoms with Crippen molar-refractivity contribution in [3.05, 3.63) is 42.4 Å². The van der Waals surface area contributed by atoms with Crippen LogP contribution in [0.5, 0.6) is 0 Å². The number of aromatic amines is 1. The molecule has 8 heteroatoms. The summed E-state index contributed by atoms with van der Waals surface area (Å²) in [6.45, 7) is 9.09. The second-order valence-corrected chi connectivity index (χ2v) is 6.00. The van der Waals surface area contributed by atoms with Crippen LogP contribution < -0.4 is 9.80 Å². The molecule has 0 spiro atoms. The zero-order valence-corrected chi connectivity index (χ0v) is 14.0. The zero-order chi connectivity index (χ0) is 17.9. The van der Waals surface area contributed by atoms with Gasteiger partial charge in [-0.15, -0.1) is 11.4 Å². The van der Waals surface area contributed by atoms with E-state index in [1.54, 1.807) is 12.5 Å². The molecule has 4 heterocycles. The molecule has 0 aromatic carbocycles. The van der Waals surface area contributed by atoms with Crippen LogP contribution in [0.25, 0.3) is 15.9 Å². The van der Waals surface area contributed by atoms with E-state index in [0.717, 1.165) is 36.4 Å². The average Bonchev–Trinajstić information content (AvgIpc) is 3.35. The molecule has 1 saturated heterocycles. The van der Waals surface area contributed by atoms with Crippen LogP contribution in [0.3, 0.4) is 0 Å². The summed E-state index contributed by atoms with van der Waals surface area (Å²) in [7, 11) is 0. The lowest BCUT2D eigenvalue weighted by atomic mass is 10.2. The van der Waals surface area contributed by atoms with Gasteiger partial charge in [-0.2, -0.15) is 0 Å². The summed E-state index contributed by atoms with van der Waals surface area (Å²) >= 11 is 0. The maximum atomic E-state index is 7.00. The number of nitrogens with one attached hydrogen (secondary N) is 1. The highest BCUT2D eigenvalue weighted by Crippen LogP contribution is 2.28. The highest BCUT2D eigenvalue weighted by atomic mass is 15.3. The molecule has 0 aliphatic carbocycles. The molecule has 0 radical (unpaired) electrons. The van der Waals surface area contributed by atoms with E-state index in [-0.39, 0.29) is 11.9 Å². The van der Waals surface area contributed by atoms with Crippen molar-refractivity contribution in [2.75, 3.05) is 29.4 Å². The average molecular weight is 344 g/mol. The number of H-pyrrole nitrogens is 1. The van der Waals surface area contributed by atoms with Crippen LogP contribution in [0, 0.1) is 18.9 Å². The highest BCUT2D eigenvalue weighted by Gasteiger charge is 2.30. The molecule has 128 valence electrons. The predicted molar refractivity (Wildman–Crippen MR) is 99.0 cm³/mol. The van der Waals surface area contributed by atoms with Gasteiger partial charge < -0.3 is 19.6 Å². The number of nitrogens with zero attached hydrogens (tertiary/aromatic N) is 7. The van der Waals surface area contributed by atoms with Gasteiger partial charge >= 0.3 is 0 Å². The van der Waals surface area contributed by atoms with Crippen molar-refractivity contribution in [3.8, 4) is 12.3 Å². The van der Waals surface area contributed by atoms with Gasteiger partial charge in [0.2, 0.25) is 0 Å². The van der Waals surface area contributed by atoms with Crippen molar-refractivity contribution >= 4 is 28.5 Å². The minimum atomic E-state index is 0.197. The van der Waals surface area contributed by atoms with Gasteiger partial charge in [0.25, 0.3) is 5.82 Å². The topological polar surface area (TPSA) is 78.2 Å². The third-order valence-corrected chi connectivity index (χ3v) is 4.53. The van der Waals surface area contributed by atoms with Gasteiger partial charge in [0.15, 0.2) is 12.0 Å². The van der Waals surface area contributed by atoms with E-state index in [4.69, 9.17) is 13.0 Å². The van der Waals surface area contributed by atoms with Crippen molar-refractivity contribution in [1.29, 1.82) is 0 Å². The molecule has 0 bridgehead atoms. The maximum absolute atomic E-state index is 7.00. The first-order chi connectivity index (χ1) is 12.8. The normalized spacial score (nSPS) is 16.4. The van der Waals surface area contributed by atoms with Gasteiger partial charge in [-0.1, -0.05) is 12.5 Å². The molecule has 1 atom stereocenters. The Kier molecular flexibility index (Phi) is 4.08. The summed E-state index contributed by atoms with van der Waals surface area (Å²) in [5.74, 6) is 4.59. The smallest absolute Gasteiger partial charge is 0.288 e. The van der Waals surface area contributed by atoms with Gasteiger partial charge in [-0.3, -0.25) is 0 Å². The van der Waals surface area contributed by atoms with Crippen LogP contribution >= 0.6 is 0 Å². The lowest BCUT2D eigenvalue weighted by Gasteiger charge is -2.27. The first-order valence-electron chi connectivity index (χ1n) is 8.23. The SMILES string of the molecule is [C-]#[N+]c1cnc(N(CC#C)[C@@H]2CCN(c3ncnc4[nH]ccc34)C2)cn1. The van der Waals surface area contributed by atoms with Crippen LogP contribution in [0.1, 0.15) is 6.42 Å². The fraction of sp³-hybridized carbons (Fsp3) is 0.278. The van der Waals surface area contributed by atoms with Crippen molar-refractivity contribution in [2.45, 2.75) is 12.5 Å². The number of fused-ring (bicyclic) bond motifs is 1. The Morgan fingerprint density at radius 2 is 2.27 bits per heavy atom. The summed E-state index contributed by atoms with van der Waals surface area (Å²) in [5, 5.41) is 1.01. The molecule has 1 fully saturated rings. The van der Waals surface area contributed by atoms with Crippen molar-refractivity contribution in [1.82, 2.24) is 24.9 Å². The zero-order valence-electron chi connectivity index (χ0n) is 14.0. The second-order valence-electron chi connectivity index (χ2n) is 6.00. The van der Waals surface area contributed by atoms with E-state index in [2.05, 4.69) is 45.5 Å². The molecule has 0 amide bonds. The van der Waals surface area contributed by atoms with E-state index in [1.165, 1.54) is 6.20 Å². The summed E-state index contributed by atoms with van der Waals surface area (Å²) < 4.78 is 0. The monoisotopic (exact) mass is 344 g/mol. The molecule has 0 unspecified atom stereocenters. The molecule has 1 N–H and O–H groups in total. The Morgan fingerprint density at radius 3 is 3.04 bits per heavy atom. The second kappa shape index (κ2) is 6.69. The Bertz CT molecular complexity index is 994. The van der Waals surface area contributed by atoms with Gasteiger partial charge in [-0.25, -0.2) is 15.0 Å². The summed E-state index contributed by atoms with van der Waals surface area (Å²) in [5.41, 5.74) is 0.833. The van der Waals surface area contributed by atoms with Gasteiger partial charge in [0.1, 0.15) is 17.8 Å². The lowest BCUT2D eigenvalue weighted by Crippen LogP contribution is -2.38. The third-order valence-electron chi connectivity index (χ3n) is 4.53. The molecular formula is C18H16N8. The molecule has 3 aromatic rings. The first-order valence-corrected chi connectivity index (χ1v) is 8.23. The lowest BCUT2D eigenvalue weighted by molar-refractivity contribution is 0.663. The molecule has 4 rings (SSSR count). The molecule has 0 saturated carbocycles. The quantitative estimate of drug-likeness (QED) is 0.576. The summed E-state index contributed by atoms with van der Waals surface area (Å²) in [4.78, 5) is 27.9. The van der Waals surface area contributed by atoms with Crippen LogP contribution in [0.15, 0.2) is 31.0 Å². The van der Waals surface area contributed by atoms with Crippen molar-refractivity contribution in [2.24, 2.45) is 0 Å². The number of aromatic nitrogens is 5. The van der Waals surface area contributed by atoms with Gasteiger partial charge in [0, 0.05) is 19.3 Å². The van der Waals surface area contributed by atoms with E-state index in [0.29, 0.717) is 12.4 Å². The number of terminal acetylenes is 1. The Labute approximate surface area is 150 Å². The number of hydrogen-bond acceptors (Lipinski definition) is 6. The number of hydrogen-bond donors (Lipinski definition) is 1. The van der Waals surface area contributed by atoms with Gasteiger partial charge in [0.05, 0.1) is 24.2 Å². The molecule has 1 aliphatic rings. The van der Waals surface area contributed by atoms with E-state index >= 15 is 0 Å². The van der Waals surface area contributed by atoms with Crippen molar-refractivity contribution in [3.63, 3.8) is 0 Å². The number of anilines is 2. The van der Waals surface area contributed by atoms with E-state index in [9.17, 15) is 0 Å². The maximum Gasteiger partial charge on any atom is 0.288 e.